The van der Waals surface area contributed by atoms with Gasteiger partial charge in [0, 0.05) is 56.8 Å². The Labute approximate surface area is 147 Å². The summed E-state index contributed by atoms with van der Waals surface area (Å²) in [5, 5.41) is 11.5. The molecule has 1 saturated heterocycles. The second-order valence-corrected chi connectivity index (χ2v) is 5.96. The van der Waals surface area contributed by atoms with E-state index in [1.165, 1.54) is 0 Å². The smallest absolute Gasteiger partial charge is 0.253 e. The van der Waals surface area contributed by atoms with Gasteiger partial charge in [-0.05, 0) is 30.2 Å². The number of hydrogen-bond donors (Lipinski definition) is 1. The maximum absolute atomic E-state index is 12.6. The van der Waals surface area contributed by atoms with Crippen LogP contribution in [-0.2, 0) is 11.2 Å². The first-order valence-electron chi connectivity index (χ1n) is 7.99. The number of anilines is 1. The molecular weight excluding hydrogens is 328 g/mol. The minimum atomic E-state index is 0. The van der Waals surface area contributed by atoms with Gasteiger partial charge in [0.1, 0.15) is 0 Å². The van der Waals surface area contributed by atoms with E-state index in [4.69, 9.17) is 5.26 Å². The first-order chi connectivity index (χ1) is 11.2. The number of nitrogens with zero attached hydrogens (tertiary/aromatic N) is 3. The molecule has 1 aromatic carbocycles. The van der Waals surface area contributed by atoms with Crippen LogP contribution in [-0.4, -0.2) is 54.3 Å². The molecule has 1 aromatic rings. The number of nitriles is 1. The molecule has 1 fully saturated rings. The molecule has 0 aromatic heterocycles. The summed E-state index contributed by atoms with van der Waals surface area (Å²) in [4.78, 5) is 28.1. The lowest BCUT2D eigenvalue weighted by molar-refractivity contribution is -0.116. The molecule has 0 unspecified atom stereocenters. The van der Waals surface area contributed by atoms with Crippen molar-refractivity contribution in [3.05, 3.63) is 29.3 Å². The van der Waals surface area contributed by atoms with Crippen LogP contribution in [0.2, 0.25) is 0 Å². The lowest BCUT2D eigenvalue weighted by atomic mass is 10.00. The number of nitrogens with one attached hydrogen (secondary N) is 1. The predicted molar refractivity (Wildman–Crippen MR) is 93.2 cm³/mol. The number of hydrogen-bond acceptors (Lipinski definition) is 4. The molecule has 0 atom stereocenters. The molecule has 1 N–H and O–H groups in total. The van der Waals surface area contributed by atoms with Crippen molar-refractivity contribution >= 4 is 29.9 Å². The number of carbonyl (C=O) groups is 2. The highest BCUT2D eigenvalue weighted by Gasteiger charge is 2.23. The van der Waals surface area contributed by atoms with Crippen LogP contribution in [0.4, 0.5) is 5.69 Å². The number of carbonyl (C=O) groups excluding carboxylic acids is 2. The SMILES string of the molecule is Cl.N#CCCN1CCN(C(=O)c2ccc3c(c2)CCC(=O)N3)CC1. The normalized spacial score (nSPS) is 17.3. The molecule has 0 bridgehead atoms. The average Bonchev–Trinajstić information content (AvgIpc) is 2.59. The zero-order valence-electron chi connectivity index (χ0n) is 13.5. The lowest BCUT2D eigenvalue weighted by Crippen LogP contribution is -2.48. The summed E-state index contributed by atoms with van der Waals surface area (Å²) in [7, 11) is 0. The standard InChI is InChI=1S/C17H20N4O2.ClH/c18-6-1-7-20-8-10-21(11-9-20)17(23)14-2-4-15-13(12-14)3-5-16(22)19-15;/h2,4,12H,1,3,5,7-11H2,(H,19,22);1H. The van der Waals surface area contributed by atoms with Gasteiger partial charge >= 0.3 is 0 Å². The third kappa shape index (κ3) is 4.05. The summed E-state index contributed by atoms with van der Waals surface area (Å²) < 4.78 is 0. The van der Waals surface area contributed by atoms with Crippen molar-refractivity contribution in [1.29, 1.82) is 5.26 Å². The molecular formula is C17H21ClN4O2. The molecule has 2 aliphatic heterocycles. The van der Waals surface area contributed by atoms with E-state index in [9.17, 15) is 9.59 Å². The van der Waals surface area contributed by atoms with Gasteiger partial charge in [0.15, 0.2) is 0 Å². The Morgan fingerprint density at radius 1 is 1.21 bits per heavy atom. The zero-order chi connectivity index (χ0) is 16.2. The van der Waals surface area contributed by atoms with Crippen LogP contribution < -0.4 is 5.32 Å². The molecule has 0 radical (unpaired) electrons. The molecule has 7 heteroatoms. The summed E-state index contributed by atoms with van der Waals surface area (Å²) in [6.07, 6.45) is 1.69. The molecule has 2 aliphatic rings. The predicted octanol–water partition coefficient (Wildman–Crippen LogP) is 1.66. The van der Waals surface area contributed by atoms with E-state index in [1.807, 2.05) is 17.0 Å². The minimum absolute atomic E-state index is 0. The van der Waals surface area contributed by atoms with Crippen molar-refractivity contribution in [3.8, 4) is 6.07 Å². The maximum Gasteiger partial charge on any atom is 0.253 e. The second-order valence-electron chi connectivity index (χ2n) is 5.96. The van der Waals surface area contributed by atoms with E-state index in [1.54, 1.807) is 6.07 Å². The number of amides is 2. The van der Waals surface area contributed by atoms with Crippen molar-refractivity contribution < 1.29 is 9.59 Å². The van der Waals surface area contributed by atoms with Crippen LogP contribution in [0.1, 0.15) is 28.8 Å². The summed E-state index contributed by atoms with van der Waals surface area (Å²) in [6, 6.07) is 7.67. The van der Waals surface area contributed by atoms with E-state index >= 15 is 0 Å². The van der Waals surface area contributed by atoms with Gasteiger partial charge < -0.3 is 10.2 Å². The summed E-state index contributed by atoms with van der Waals surface area (Å²) in [5.41, 5.74) is 2.53. The molecule has 128 valence electrons. The summed E-state index contributed by atoms with van der Waals surface area (Å²) in [6.45, 7) is 3.79. The van der Waals surface area contributed by atoms with E-state index in [0.29, 0.717) is 37.9 Å². The first-order valence-corrected chi connectivity index (χ1v) is 7.99. The second kappa shape index (κ2) is 8.13. The van der Waals surface area contributed by atoms with Crippen molar-refractivity contribution in [1.82, 2.24) is 9.80 Å². The van der Waals surface area contributed by atoms with Crippen LogP contribution in [0.25, 0.3) is 0 Å². The van der Waals surface area contributed by atoms with Gasteiger partial charge in [0.05, 0.1) is 6.07 Å². The van der Waals surface area contributed by atoms with Crippen LogP contribution in [0.15, 0.2) is 18.2 Å². The fraction of sp³-hybridized carbons (Fsp3) is 0.471. The average molecular weight is 349 g/mol. The van der Waals surface area contributed by atoms with Crippen molar-refractivity contribution in [2.75, 3.05) is 38.0 Å². The van der Waals surface area contributed by atoms with Crippen LogP contribution >= 0.6 is 12.4 Å². The Balaban J connectivity index is 0.00000208. The molecule has 0 aliphatic carbocycles. The molecule has 6 nitrogen and oxygen atoms in total. The van der Waals surface area contributed by atoms with Crippen molar-refractivity contribution in [2.24, 2.45) is 0 Å². The molecule has 2 heterocycles. The highest BCUT2D eigenvalue weighted by Crippen LogP contribution is 2.24. The Hall–Kier alpha value is -2.10. The summed E-state index contributed by atoms with van der Waals surface area (Å²) >= 11 is 0. The number of piperazine rings is 1. The van der Waals surface area contributed by atoms with Crippen LogP contribution in [0.3, 0.4) is 0 Å². The van der Waals surface area contributed by atoms with Gasteiger partial charge in [-0.15, -0.1) is 12.4 Å². The number of rotatable bonds is 3. The molecule has 3 rings (SSSR count). The van der Waals surface area contributed by atoms with E-state index in [-0.39, 0.29) is 24.2 Å². The minimum Gasteiger partial charge on any atom is -0.336 e. The van der Waals surface area contributed by atoms with Gasteiger partial charge in [-0.1, -0.05) is 0 Å². The fourth-order valence-electron chi connectivity index (χ4n) is 3.08. The van der Waals surface area contributed by atoms with Gasteiger partial charge in [-0.3, -0.25) is 14.5 Å². The molecule has 2 amide bonds. The van der Waals surface area contributed by atoms with Crippen LogP contribution in [0, 0.1) is 11.3 Å². The van der Waals surface area contributed by atoms with E-state index in [0.717, 1.165) is 30.9 Å². The van der Waals surface area contributed by atoms with Gasteiger partial charge in [0.2, 0.25) is 5.91 Å². The third-order valence-corrected chi connectivity index (χ3v) is 4.45. The number of benzene rings is 1. The zero-order valence-corrected chi connectivity index (χ0v) is 14.3. The monoisotopic (exact) mass is 348 g/mol. The first kappa shape index (κ1) is 18.2. The Kier molecular flexibility index (Phi) is 6.18. The summed E-state index contributed by atoms with van der Waals surface area (Å²) in [5.74, 6) is 0.0784. The number of fused-ring (bicyclic) bond motifs is 1. The highest BCUT2D eigenvalue weighted by atomic mass is 35.5. The Bertz CT molecular complexity index is 663. The van der Waals surface area contributed by atoms with Crippen LogP contribution in [0.5, 0.6) is 0 Å². The quantitative estimate of drug-likeness (QED) is 0.901. The maximum atomic E-state index is 12.6. The number of aryl methyl sites for hydroxylation is 1. The lowest BCUT2D eigenvalue weighted by Gasteiger charge is -2.34. The number of halogens is 1. The van der Waals surface area contributed by atoms with E-state index in [2.05, 4.69) is 16.3 Å². The van der Waals surface area contributed by atoms with Gasteiger partial charge in [-0.2, -0.15) is 5.26 Å². The largest absolute Gasteiger partial charge is 0.336 e. The van der Waals surface area contributed by atoms with Gasteiger partial charge in [0.25, 0.3) is 5.91 Å². The molecule has 0 spiro atoms. The fourth-order valence-corrected chi connectivity index (χ4v) is 3.08. The highest BCUT2D eigenvalue weighted by molar-refractivity contribution is 5.98. The third-order valence-electron chi connectivity index (χ3n) is 4.45. The van der Waals surface area contributed by atoms with Crippen molar-refractivity contribution in [3.63, 3.8) is 0 Å². The van der Waals surface area contributed by atoms with Crippen molar-refractivity contribution in [2.45, 2.75) is 19.3 Å². The molecule has 0 saturated carbocycles. The Morgan fingerprint density at radius 3 is 2.67 bits per heavy atom. The van der Waals surface area contributed by atoms with Gasteiger partial charge in [-0.25, -0.2) is 0 Å². The molecule has 24 heavy (non-hydrogen) atoms. The Morgan fingerprint density at radius 2 is 1.96 bits per heavy atom. The van der Waals surface area contributed by atoms with E-state index < -0.39 is 0 Å². The topological polar surface area (TPSA) is 76.4 Å².